The molecule has 94 valence electrons. The number of sulfonamides is 1. The van der Waals surface area contributed by atoms with Crippen LogP contribution in [-0.2, 0) is 10.0 Å². The lowest BCUT2D eigenvalue weighted by molar-refractivity contribution is -0.0613. The quantitative estimate of drug-likeness (QED) is 0.920. The molecule has 0 atom stereocenters. The van der Waals surface area contributed by atoms with E-state index in [1.54, 1.807) is 24.3 Å². The average Bonchev–Trinajstić information content (AvgIpc) is 2.25. The van der Waals surface area contributed by atoms with Gasteiger partial charge in [-0.25, -0.2) is 8.42 Å². The summed E-state index contributed by atoms with van der Waals surface area (Å²) < 4.78 is 26.4. The van der Waals surface area contributed by atoms with Gasteiger partial charge in [-0.3, -0.25) is 0 Å². The molecule has 0 bridgehead atoms. The molecule has 0 unspecified atom stereocenters. The number of nitrogens with zero attached hydrogens (tertiary/aromatic N) is 1. The van der Waals surface area contributed by atoms with Crippen LogP contribution in [0.3, 0.4) is 0 Å². The lowest BCUT2D eigenvalue weighted by Gasteiger charge is -2.44. The van der Waals surface area contributed by atoms with Crippen LogP contribution in [0.2, 0.25) is 0 Å². The molecule has 4 nitrogen and oxygen atoms in total. The number of rotatable bonds is 3. The molecule has 0 aliphatic carbocycles. The molecule has 1 heterocycles. The molecular weight excluding hydrogens is 306 g/mol. The summed E-state index contributed by atoms with van der Waals surface area (Å²) in [4.78, 5) is 0.263. The van der Waals surface area contributed by atoms with Crippen molar-refractivity contribution >= 4 is 26.0 Å². The normalized spacial score (nSPS) is 19.9. The maximum absolute atomic E-state index is 12.1. The standard InChI is InChI=1S/C11H14BrNO3S/c1-2-11(14)7-13(8-11)17(15,16)10-5-3-9(12)4-6-10/h3-6,14H,2,7-8H2,1H3. The van der Waals surface area contributed by atoms with E-state index in [0.717, 1.165) is 4.47 Å². The van der Waals surface area contributed by atoms with E-state index in [4.69, 9.17) is 0 Å². The van der Waals surface area contributed by atoms with Gasteiger partial charge in [0.15, 0.2) is 0 Å². The highest BCUT2D eigenvalue weighted by Crippen LogP contribution is 2.30. The fourth-order valence-corrected chi connectivity index (χ4v) is 3.62. The average molecular weight is 320 g/mol. The van der Waals surface area contributed by atoms with Crippen molar-refractivity contribution in [2.45, 2.75) is 23.8 Å². The van der Waals surface area contributed by atoms with Gasteiger partial charge >= 0.3 is 0 Å². The van der Waals surface area contributed by atoms with E-state index in [0.29, 0.717) is 6.42 Å². The maximum Gasteiger partial charge on any atom is 0.243 e. The van der Waals surface area contributed by atoms with Crippen molar-refractivity contribution in [1.82, 2.24) is 4.31 Å². The first kappa shape index (κ1) is 13.0. The Morgan fingerprint density at radius 3 is 2.35 bits per heavy atom. The van der Waals surface area contributed by atoms with E-state index < -0.39 is 15.6 Å². The van der Waals surface area contributed by atoms with Gasteiger partial charge in [0.25, 0.3) is 0 Å². The highest BCUT2D eigenvalue weighted by Gasteiger charge is 2.45. The van der Waals surface area contributed by atoms with Crippen LogP contribution in [0.25, 0.3) is 0 Å². The highest BCUT2D eigenvalue weighted by atomic mass is 79.9. The van der Waals surface area contributed by atoms with Gasteiger partial charge in [-0.15, -0.1) is 0 Å². The molecule has 2 rings (SSSR count). The summed E-state index contributed by atoms with van der Waals surface area (Å²) >= 11 is 3.26. The Hall–Kier alpha value is -0.430. The first-order valence-electron chi connectivity index (χ1n) is 5.35. The van der Waals surface area contributed by atoms with Crippen LogP contribution in [0.1, 0.15) is 13.3 Å². The fourth-order valence-electron chi connectivity index (χ4n) is 1.76. The van der Waals surface area contributed by atoms with E-state index in [1.165, 1.54) is 4.31 Å². The summed E-state index contributed by atoms with van der Waals surface area (Å²) in [6.07, 6.45) is 0.569. The van der Waals surface area contributed by atoms with Gasteiger partial charge in [0.05, 0.1) is 10.5 Å². The second kappa shape index (κ2) is 4.35. The first-order valence-corrected chi connectivity index (χ1v) is 7.59. The number of β-amino-alcohol motifs (C(OH)–C–C–N with tert-alkyl or cyclic N) is 1. The third-order valence-corrected chi connectivity index (χ3v) is 5.39. The largest absolute Gasteiger partial charge is 0.387 e. The van der Waals surface area contributed by atoms with Crippen LogP contribution in [0.4, 0.5) is 0 Å². The van der Waals surface area contributed by atoms with Crippen molar-refractivity contribution in [2.24, 2.45) is 0 Å². The number of aliphatic hydroxyl groups is 1. The van der Waals surface area contributed by atoms with E-state index in [1.807, 2.05) is 6.92 Å². The number of halogens is 1. The van der Waals surface area contributed by atoms with Crippen molar-refractivity contribution in [1.29, 1.82) is 0 Å². The zero-order valence-electron chi connectivity index (χ0n) is 9.43. The Kier molecular flexibility index (Phi) is 3.33. The van der Waals surface area contributed by atoms with Crippen molar-refractivity contribution < 1.29 is 13.5 Å². The molecule has 0 spiro atoms. The minimum atomic E-state index is -3.45. The van der Waals surface area contributed by atoms with E-state index in [-0.39, 0.29) is 18.0 Å². The van der Waals surface area contributed by atoms with Crippen molar-refractivity contribution in [3.05, 3.63) is 28.7 Å². The molecule has 0 aromatic heterocycles. The molecule has 1 fully saturated rings. The zero-order valence-corrected chi connectivity index (χ0v) is 11.8. The van der Waals surface area contributed by atoms with Crippen molar-refractivity contribution in [2.75, 3.05) is 13.1 Å². The smallest absolute Gasteiger partial charge is 0.243 e. The van der Waals surface area contributed by atoms with Gasteiger partial charge in [0, 0.05) is 17.6 Å². The van der Waals surface area contributed by atoms with Crippen LogP contribution >= 0.6 is 15.9 Å². The van der Waals surface area contributed by atoms with E-state index in [2.05, 4.69) is 15.9 Å². The Morgan fingerprint density at radius 2 is 1.88 bits per heavy atom. The first-order chi connectivity index (χ1) is 7.87. The molecular formula is C11H14BrNO3S. The van der Waals surface area contributed by atoms with Gasteiger partial charge in [-0.2, -0.15) is 4.31 Å². The lowest BCUT2D eigenvalue weighted by Crippen LogP contribution is -2.62. The van der Waals surface area contributed by atoms with E-state index in [9.17, 15) is 13.5 Å². The Labute approximate surface area is 109 Å². The van der Waals surface area contributed by atoms with Gasteiger partial charge in [-0.1, -0.05) is 22.9 Å². The van der Waals surface area contributed by atoms with Gasteiger partial charge in [0.1, 0.15) is 0 Å². The second-order valence-corrected chi connectivity index (χ2v) is 7.16. The minimum absolute atomic E-state index is 0.182. The summed E-state index contributed by atoms with van der Waals surface area (Å²) in [6.45, 7) is 2.22. The molecule has 1 aromatic carbocycles. The van der Waals surface area contributed by atoms with Crippen molar-refractivity contribution in [3.63, 3.8) is 0 Å². The summed E-state index contributed by atoms with van der Waals surface area (Å²) in [5.41, 5.74) is -0.845. The molecule has 1 N–H and O–H groups in total. The van der Waals surface area contributed by atoms with Crippen LogP contribution in [0, 0.1) is 0 Å². The third kappa shape index (κ3) is 2.40. The Balaban J connectivity index is 2.19. The minimum Gasteiger partial charge on any atom is -0.387 e. The highest BCUT2D eigenvalue weighted by molar-refractivity contribution is 9.10. The molecule has 1 saturated heterocycles. The molecule has 0 saturated carbocycles. The van der Waals surface area contributed by atoms with Gasteiger partial charge in [-0.05, 0) is 30.7 Å². The molecule has 1 aliphatic heterocycles. The number of benzene rings is 1. The van der Waals surface area contributed by atoms with Crippen LogP contribution in [0.15, 0.2) is 33.6 Å². The molecule has 0 radical (unpaired) electrons. The molecule has 0 amide bonds. The Bertz CT molecular complexity index is 506. The maximum atomic E-state index is 12.1. The van der Waals surface area contributed by atoms with Gasteiger partial charge < -0.3 is 5.11 Å². The van der Waals surface area contributed by atoms with Crippen molar-refractivity contribution in [3.8, 4) is 0 Å². The SMILES string of the molecule is CCC1(O)CN(S(=O)(=O)c2ccc(Br)cc2)C1. The van der Waals surface area contributed by atoms with Gasteiger partial charge in [0.2, 0.25) is 10.0 Å². The van der Waals surface area contributed by atoms with Crippen LogP contribution in [-0.4, -0.2) is 36.5 Å². The molecule has 1 aliphatic rings. The molecule has 1 aromatic rings. The fraction of sp³-hybridized carbons (Fsp3) is 0.455. The summed E-state index contributed by atoms with van der Waals surface area (Å²) in [7, 11) is -3.45. The number of hydrogen-bond donors (Lipinski definition) is 1. The van der Waals surface area contributed by atoms with E-state index >= 15 is 0 Å². The second-order valence-electron chi connectivity index (χ2n) is 4.30. The summed E-state index contributed by atoms with van der Waals surface area (Å²) in [5, 5.41) is 9.83. The monoisotopic (exact) mass is 319 g/mol. The number of hydrogen-bond acceptors (Lipinski definition) is 3. The van der Waals surface area contributed by atoms with Crippen LogP contribution < -0.4 is 0 Å². The topological polar surface area (TPSA) is 57.6 Å². The Morgan fingerprint density at radius 1 is 1.35 bits per heavy atom. The molecule has 6 heteroatoms. The predicted molar refractivity (Wildman–Crippen MR) is 68.1 cm³/mol. The summed E-state index contributed by atoms with van der Waals surface area (Å²) in [6, 6.07) is 6.50. The summed E-state index contributed by atoms with van der Waals surface area (Å²) in [5.74, 6) is 0. The third-order valence-electron chi connectivity index (χ3n) is 3.05. The predicted octanol–water partition coefficient (Wildman–Crippen LogP) is 1.59. The zero-order chi connectivity index (χ0) is 12.7. The lowest BCUT2D eigenvalue weighted by atomic mass is 9.94. The van der Waals surface area contributed by atoms with Crippen LogP contribution in [0.5, 0.6) is 0 Å². The molecule has 17 heavy (non-hydrogen) atoms.